The maximum atomic E-state index is 12.9. The van der Waals surface area contributed by atoms with E-state index in [1.807, 2.05) is 0 Å². The van der Waals surface area contributed by atoms with Gasteiger partial charge in [-0.15, -0.1) is 0 Å². The van der Waals surface area contributed by atoms with Crippen molar-refractivity contribution in [3.63, 3.8) is 0 Å². The van der Waals surface area contributed by atoms with Crippen LogP contribution in [0.1, 0.15) is 0 Å². The molecule has 2 aliphatic rings. The minimum Gasteiger partial charge on any atom is -0.382 e. The molecule has 0 saturated carbocycles. The molecule has 3 N–H and O–H groups in total. The highest BCUT2D eigenvalue weighted by Gasteiger charge is 2.44. The van der Waals surface area contributed by atoms with E-state index in [1.54, 1.807) is 29.8 Å². The van der Waals surface area contributed by atoms with Crippen molar-refractivity contribution in [2.75, 3.05) is 30.3 Å². The summed E-state index contributed by atoms with van der Waals surface area (Å²) in [5, 5.41) is 4.21. The molecule has 3 heterocycles. The molecule has 9 heteroatoms. The van der Waals surface area contributed by atoms with Gasteiger partial charge in [-0.05, 0) is 12.1 Å². The van der Waals surface area contributed by atoms with Gasteiger partial charge in [-0.1, -0.05) is 41.0 Å². The largest absolute Gasteiger partial charge is 0.382 e. The maximum Gasteiger partial charge on any atom is 0.270 e. The van der Waals surface area contributed by atoms with Crippen molar-refractivity contribution < 1.29 is 0 Å². The van der Waals surface area contributed by atoms with Crippen LogP contribution in [0.4, 0.5) is 11.8 Å². The van der Waals surface area contributed by atoms with Gasteiger partial charge in [-0.2, -0.15) is 4.98 Å². The third-order valence-corrected chi connectivity index (χ3v) is 6.85. The summed E-state index contributed by atoms with van der Waals surface area (Å²) in [6.07, 6.45) is 0. The van der Waals surface area contributed by atoms with Gasteiger partial charge in [0.2, 0.25) is 5.95 Å². The lowest BCUT2D eigenvalue weighted by Crippen LogP contribution is -2.57. The topological polar surface area (TPSA) is 76.2 Å². The molecule has 2 unspecified atom stereocenters. The summed E-state index contributed by atoms with van der Waals surface area (Å²) in [7, 11) is 1.73. The molecule has 2 aliphatic heterocycles. The first kappa shape index (κ1) is 17.0. The molecule has 0 aliphatic carbocycles. The van der Waals surface area contributed by atoms with Crippen LogP contribution in [0.3, 0.4) is 0 Å². The minimum atomic E-state index is -0.182. The summed E-state index contributed by atoms with van der Waals surface area (Å²) >= 11 is 13.5. The van der Waals surface area contributed by atoms with E-state index in [4.69, 9.17) is 28.9 Å². The van der Waals surface area contributed by atoms with Crippen LogP contribution in [0, 0.1) is 5.92 Å². The maximum absolute atomic E-state index is 12.9. The van der Waals surface area contributed by atoms with Crippen LogP contribution in [0.25, 0.3) is 0 Å². The van der Waals surface area contributed by atoms with Crippen molar-refractivity contribution in [3.05, 3.63) is 38.6 Å². The van der Waals surface area contributed by atoms with E-state index in [1.165, 1.54) is 11.8 Å². The Morgan fingerprint density at radius 2 is 2.16 bits per heavy atom. The van der Waals surface area contributed by atoms with Crippen LogP contribution in [0.15, 0.2) is 32.8 Å². The number of hydrogen-bond donors (Lipinski definition) is 2. The van der Waals surface area contributed by atoms with Gasteiger partial charge in [0.05, 0.1) is 10.0 Å². The molecule has 1 aromatic heterocycles. The second-order valence-corrected chi connectivity index (χ2v) is 8.12. The Bertz CT molecular complexity index is 903. The van der Waals surface area contributed by atoms with Crippen LogP contribution in [-0.4, -0.2) is 35.2 Å². The van der Waals surface area contributed by atoms with Crippen LogP contribution in [-0.2, 0) is 7.05 Å². The first-order chi connectivity index (χ1) is 12.0. The summed E-state index contributed by atoms with van der Waals surface area (Å²) in [6, 6.07) is 5.67. The Kier molecular flexibility index (Phi) is 4.35. The monoisotopic (exact) mass is 397 g/mol. The predicted octanol–water partition coefficient (Wildman–Crippen LogP) is 2.23. The lowest BCUT2D eigenvalue weighted by molar-refractivity contribution is 0.354. The third-order valence-electron chi connectivity index (χ3n) is 4.77. The van der Waals surface area contributed by atoms with Crippen molar-refractivity contribution in [1.82, 2.24) is 14.9 Å². The SMILES string of the molecule is Cn1c(N2CC3CNCC32)nc(N)c(Sc2cccc(Cl)c2Cl)c1=O. The fraction of sp³-hybridized carbons (Fsp3) is 0.375. The van der Waals surface area contributed by atoms with E-state index in [-0.39, 0.29) is 11.4 Å². The number of hydrogen-bond acceptors (Lipinski definition) is 6. The number of benzene rings is 1. The van der Waals surface area contributed by atoms with Crippen molar-refractivity contribution in [2.45, 2.75) is 15.8 Å². The van der Waals surface area contributed by atoms with Gasteiger partial charge in [-0.3, -0.25) is 9.36 Å². The molecule has 0 amide bonds. The normalized spacial score (nSPS) is 22.0. The molecular formula is C16H17Cl2N5OS. The number of nitrogens with one attached hydrogen (secondary N) is 1. The average molecular weight is 398 g/mol. The number of anilines is 2. The Morgan fingerprint density at radius 1 is 1.36 bits per heavy atom. The van der Waals surface area contributed by atoms with E-state index < -0.39 is 0 Å². The van der Waals surface area contributed by atoms with Crippen LogP contribution in [0.2, 0.25) is 10.0 Å². The molecular weight excluding hydrogens is 381 g/mol. The van der Waals surface area contributed by atoms with Crippen LogP contribution >= 0.6 is 35.0 Å². The number of nitrogen functional groups attached to an aromatic ring is 1. The fourth-order valence-electron chi connectivity index (χ4n) is 3.36. The van der Waals surface area contributed by atoms with E-state index in [0.717, 1.165) is 19.6 Å². The standard InChI is InChI=1S/C16H17Cl2N5OS/c1-22-15(24)13(25-11-4-2-3-9(17)12(11)18)14(19)21-16(22)23-7-8-5-20-6-10(8)23/h2-4,8,10,20H,5-7,19H2,1H3. The van der Waals surface area contributed by atoms with E-state index >= 15 is 0 Å². The fourth-order valence-corrected chi connectivity index (χ4v) is 4.77. The molecule has 2 aromatic rings. The van der Waals surface area contributed by atoms with Crippen molar-refractivity contribution >= 4 is 46.7 Å². The van der Waals surface area contributed by atoms with Gasteiger partial charge in [-0.25, -0.2) is 0 Å². The molecule has 2 saturated heterocycles. The van der Waals surface area contributed by atoms with Crippen molar-refractivity contribution in [1.29, 1.82) is 0 Å². The first-order valence-corrected chi connectivity index (χ1v) is 9.50. The van der Waals surface area contributed by atoms with Crippen molar-refractivity contribution in [2.24, 2.45) is 13.0 Å². The smallest absolute Gasteiger partial charge is 0.270 e. The van der Waals surface area contributed by atoms with Gasteiger partial charge in [0.15, 0.2) is 0 Å². The molecule has 4 rings (SSSR count). The summed E-state index contributed by atoms with van der Waals surface area (Å²) in [6.45, 7) is 2.82. The Balaban J connectivity index is 1.69. The zero-order chi connectivity index (χ0) is 17.7. The summed E-state index contributed by atoms with van der Waals surface area (Å²) in [5.74, 6) is 1.46. The number of nitrogens with zero attached hydrogens (tertiary/aromatic N) is 3. The van der Waals surface area contributed by atoms with E-state index in [0.29, 0.717) is 37.7 Å². The van der Waals surface area contributed by atoms with Gasteiger partial charge in [0, 0.05) is 43.5 Å². The number of aromatic nitrogens is 2. The highest BCUT2D eigenvalue weighted by atomic mass is 35.5. The summed E-state index contributed by atoms with van der Waals surface area (Å²) in [4.78, 5) is 20.5. The summed E-state index contributed by atoms with van der Waals surface area (Å²) < 4.78 is 1.56. The molecule has 0 bridgehead atoms. The lowest BCUT2D eigenvalue weighted by atomic mass is 9.92. The van der Waals surface area contributed by atoms with Gasteiger partial charge in [0.1, 0.15) is 10.7 Å². The predicted molar refractivity (Wildman–Crippen MR) is 102 cm³/mol. The molecule has 2 atom stereocenters. The Hall–Kier alpha value is -1.41. The van der Waals surface area contributed by atoms with Gasteiger partial charge >= 0.3 is 0 Å². The van der Waals surface area contributed by atoms with Crippen LogP contribution < -0.4 is 21.5 Å². The second-order valence-electron chi connectivity index (χ2n) is 6.28. The number of nitrogens with two attached hydrogens (primary N) is 1. The van der Waals surface area contributed by atoms with Gasteiger partial charge in [0.25, 0.3) is 5.56 Å². The number of rotatable bonds is 3. The summed E-state index contributed by atoms with van der Waals surface area (Å²) in [5.41, 5.74) is 5.93. The highest BCUT2D eigenvalue weighted by molar-refractivity contribution is 7.99. The second kappa shape index (κ2) is 6.39. The number of halogens is 2. The molecule has 2 fully saturated rings. The zero-order valence-electron chi connectivity index (χ0n) is 13.5. The molecule has 132 valence electrons. The molecule has 0 spiro atoms. The van der Waals surface area contributed by atoms with Gasteiger partial charge < -0.3 is 16.0 Å². The molecule has 1 aromatic carbocycles. The first-order valence-electron chi connectivity index (χ1n) is 7.93. The van der Waals surface area contributed by atoms with E-state index in [2.05, 4.69) is 15.2 Å². The van der Waals surface area contributed by atoms with Crippen molar-refractivity contribution in [3.8, 4) is 0 Å². The molecule has 25 heavy (non-hydrogen) atoms. The number of fused-ring (bicyclic) bond motifs is 1. The highest BCUT2D eigenvalue weighted by Crippen LogP contribution is 2.38. The quantitative estimate of drug-likeness (QED) is 0.826. The zero-order valence-corrected chi connectivity index (χ0v) is 15.8. The molecule has 0 radical (unpaired) electrons. The van der Waals surface area contributed by atoms with Crippen LogP contribution in [0.5, 0.6) is 0 Å². The Labute approximate surface area is 159 Å². The van der Waals surface area contributed by atoms with E-state index in [9.17, 15) is 4.79 Å². The third kappa shape index (κ3) is 2.79. The average Bonchev–Trinajstić information content (AvgIpc) is 2.93. The minimum absolute atomic E-state index is 0.182. The Morgan fingerprint density at radius 3 is 2.92 bits per heavy atom. The molecule has 6 nitrogen and oxygen atoms in total. The lowest BCUT2D eigenvalue weighted by Gasteiger charge is -2.44.